The third kappa shape index (κ3) is 2.63. The van der Waals surface area contributed by atoms with Crippen molar-refractivity contribution in [3.8, 4) is 0 Å². The number of piperidine rings is 1. The van der Waals surface area contributed by atoms with Gasteiger partial charge in [-0.05, 0) is 37.5 Å². The number of hydrogen-bond donors (Lipinski definition) is 2. The second-order valence-electron chi connectivity index (χ2n) is 6.32. The number of primary amides is 1. The summed E-state index contributed by atoms with van der Waals surface area (Å²) in [6, 6.07) is 0.456. The third-order valence-electron chi connectivity index (χ3n) is 4.43. The Balaban J connectivity index is 1.98. The molecule has 4 unspecified atom stereocenters. The Morgan fingerprint density at radius 3 is 2.35 bits per heavy atom. The van der Waals surface area contributed by atoms with E-state index in [1.54, 1.807) is 0 Å². The molecular weight excluding hydrogens is 214 g/mol. The molecule has 0 aromatic rings. The van der Waals surface area contributed by atoms with Gasteiger partial charge in [-0.2, -0.15) is 0 Å². The highest BCUT2D eigenvalue weighted by molar-refractivity contribution is 5.84. The van der Waals surface area contributed by atoms with Gasteiger partial charge in [0, 0.05) is 19.1 Å². The lowest BCUT2D eigenvalue weighted by atomic mass is 9.90. The maximum absolute atomic E-state index is 11.4. The summed E-state index contributed by atoms with van der Waals surface area (Å²) < 4.78 is 0. The molecule has 4 atom stereocenters. The van der Waals surface area contributed by atoms with E-state index in [4.69, 9.17) is 11.5 Å². The van der Waals surface area contributed by atoms with Crippen LogP contribution in [0.25, 0.3) is 0 Å². The van der Waals surface area contributed by atoms with Gasteiger partial charge in [-0.3, -0.25) is 9.69 Å². The van der Waals surface area contributed by atoms with Gasteiger partial charge < -0.3 is 11.5 Å². The van der Waals surface area contributed by atoms with E-state index in [1.165, 1.54) is 6.42 Å². The quantitative estimate of drug-likeness (QED) is 0.745. The molecule has 17 heavy (non-hydrogen) atoms. The summed E-state index contributed by atoms with van der Waals surface area (Å²) in [5, 5.41) is 0. The van der Waals surface area contributed by atoms with Gasteiger partial charge >= 0.3 is 0 Å². The third-order valence-corrected chi connectivity index (χ3v) is 4.43. The number of amides is 1. The molecule has 4 nitrogen and oxygen atoms in total. The average Bonchev–Trinajstić information content (AvgIpc) is 2.61. The summed E-state index contributed by atoms with van der Waals surface area (Å²) in [5.41, 5.74) is 10.7. The van der Waals surface area contributed by atoms with Gasteiger partial charge in [0.2, 0.25) is 5.91 Å². The van der Waals surface area contributed by atoms with Crippen LogP contribution >= 0.6 is 0 Å². The highest BCUT2D eigenvalue weighted by Crippen LogP contribution is 2.34. The number of carbonyl (C=O) groups is 1. The molecule has 1 saturated heterocycles. The first-order valence-corrected chi connectivity index (χ1v) is 6.73. The highest BCUT2D eigenvalue weighted by atomic mass is 16.1. The minimum Gasteiger partial charge on any atom is -0.368 e. The zero-order valence-corrected chi connectivity index (χ0v) is 11.0. The van der Waals surface area contributed by atoms with Crippen LogP contribution in [0, 0.1) is 11.8 Å². The summed E-state index contributed by atoms with van der Waals surface area (Å²) in [6.07, 6.45) is 3.81. The van der Waals surface area contributed by atoms with E-state index in [1.807, 2.05) is 0 Å². The van der Waals surface area contributed by atoms with Crippen LogP contribution < -0.4 is 11.5 Å². The highest BCUT2D eigenvalue weighted by Gasteiger charge is 2.43. The molecule has 1 amide bonds. The van der Waals surface area contributed by atoms with E-state index in [2.05, 4.69) is 18.7 Å². The Labute approximate surface area is 104 Å². The van der Waals surface area contributed by atoms with Gasteiger partial charge in [0.1, 0.15) is 0 Å². The van der Waals surface area contributed by atoms with Crippen LogP contribution in [0.3, 0.4) is 0 Å². The molecule has 4 N–H and O–H groups in total. The van der Waals surface area contributed by atoms with Crippen LogP contribution in [-0.2, 0) is 4.79 Å². The molecule has 0 radical (unpaired) electrons. The summed E-state index contributed by atoms with van der Waals surface area (Å²) >= 11 is 0. The molecule has 1 aliphatic carbocycles. The molecule has 2 fully saturated rings. The molecule has 4 heteroatoms. The SMILES string of the molecule is CC1CC(C)CN(C2CCC(N)(C(N)=O)C2)C1. The van der Waals surface area contributed by atoms with Crippen molar-refractivity contribution in [1.82, 2.24) is 4.90 Å². The summed E-state index contributed by atoms with van der Waals surface area (Å²) in [6.45, 7) is 6.90. The molecule has 0 bridgehead atoms. The van der Waals surface area contributed by atoms with Crippen molar-refractivity contribution >= 4 is 5.91 Å². The molecule has 1 heterocycles. The lowest BCUT2D eigenvalue weighted by Gasteiger charge is -2.39. The number of likely N-dealkylation sites (tertiary alicyclic amines) is 1. The Bertz CT molecular complexity index is 297. The molecule has 1 aliphatic heterocycles. The maximum Gasteiger partial charge on any atom is 0.237 e. The number of rotatable bonds is 2. The Kier molecular flexibility index (Phi) is 3.46. The van der Waals surface area contributed by atoms with Crippen molar-refractivity contribution in [2.24, 2.45) is 23.3 Å². The molecule has 2 aliphatic rings. The van der Waals surface area contributed by atoms with E-state index in [-0.39, 0.29) is 5.91 Å². The summed E-state index contributed by atoms with van der Waals surface area (Å²) in [5.74, 6) is 1.17. The minimum absolute atomic E-state index is 0.335. The van der Waals surface area contributed by atoms with Crippen LogP contribution in [0.1, 0.15) is 39.5 Å². The number of nitrogens with two attached hydrogens (primary N) is 2. The standard InChI is InChI=1S/C13H25N3O/c1-9-5-10(2)8-16(7-9)11-3-4-13(15,6-11)12(14)17/h9-11H,3-8,15H2,1-2H3,(H2,14,17). The largest absolute Gasteiger partial charge is 0.368 e. The van der Waals surface area contributed by atoms with Crippen molar-refractivity contribution in [1.29, 1.82) is 0 Å². The second-order valence-corrected chi connectivity index (χ2v) is 6.32. The maximum atomic E-state index is 11.4. The second kappa shape index (κ2) is 4.58. The number of nitrogens with zero attached hydrogens (tertiary/aromatic N) is 1. The minimum atomic E-state index is -0.755. The Morgan fingerprint density at radius 2 is 1.88 bits per heavy atom. The molecule has 2 rings (SSSR count). The van der Waals surface area contributed by atoms with Gasteiger partial charge in [0.15, 0.2) is 0 Å². The number of carbonyl (C=O) groups excluding carboxylic acids is 1. The fourth-order valence-electron chi connectivity index (χ4n) is 3.59. The molecule has 98 valence electrons. The molecule has 0 aromatic carbocycles. The fourth-order valence-corrected chi connectivity index (χ4v) is 3.59. The lowest BCUT2D eigenvalue weighted by molar-refractivity contribution is -0.123. The predicted octanol–water partition coefficient (Wildman–Crippen LogP) is 0.700. The topological polar surface area (TPSA) is 72.3 Å². The Morgan fingerprint density at radius 1 is 1.29 bits per heavy atom. The van der Waals surface area contributed by atoms with Crippen LogP contribution in [-0.4, -0.2) is 35.5 Å². The molecule has 0 spiro atoms. The predicted molar refractivity (Wildman–Crippen MR) is 68.3 cm³/mol. The summed E-state index contributed by atoms with van der Waals surface area (Å²) in [4.78, 5) is 13.9. The average molecular weight is 239 g/mol. The first kappa shape index (κ1) is 12.8. The van der Waals surface area contributed by atoms with Gasteiger partial charge in [-0.1, -0.05) is 13.8 Å². The van der Waals surface area contributed by atoms with Gasteiger partial charge in [-0.15, -0.1) is 0 Å². The summed E-state index contributed by atoms with van der Waals surface area (Å²) in [7, 11) is 0. The van der Waals surface area contributed by atoms with Crippen molar-refractivity contribution in [2.45, 2.75) is 51.1 Å². The monoisotopic (exact) mass is 239 g/mol. The van der Waals surface area contributed by atoms with Gasteiger partial charge in [0.25, 0.3) is 0 Å². The van der Waals surface area contributed by atoms with Crippen molar-refractivity contribution in [3.63, 3.8) is 0 Å². The van der Waals surface area contributed by atoms with Crippen molar-refractivity contribution < 1.29 is 4.79 Å². The zero-order valence-electron chi connectivity index (χ0n) is 11.0. The normalized spacial score (nSPS) is 43.8. The van der Waals surface area contributed by atoms with E-state index >= 15 is 0 Å². The van der Waals surface area contributed by atoms with Crippen LogP contribution in [0.5, 0.6) is 0 Å². The van der Waals surface area contributed by atoms with Crippen LogP contribution in [0.4, 0.5) is 0 Å². The fraction of sp³-hybridized carbons (Fsp3) is 0.923. The van der Waals surface area contributed by atoms with Gasteiger partial charge in [-0.25, -0.2) is 0 Å². The number of hydrogen-bond acceptors (Lipinski definition) is 3. The van der Waals surface area contributed by atoms with E-state index in [0.29, 0.717) is 6.04 Å². The first-order valence-electron chi connectivity index (χ1n) is 6.73. The van der Waals surface area contributed by atoms with Crippen molar-refractivity contribution in [2.75, 3.05) is 13.1 Å². The van der Waals surface area contributed by atoms with Crippen molar-refractivity contribution in [3.05, 3.63) is 0 Å². The smallest absolute Gasteiger partial charge is 0.237 e. The molecule has 0 aromatic heterocycles. The zero-order chi connectivity index (χ0) is 12.6. The lowest BCUT2D eigenvalue weighted by Crippen LogP contribution is -2.52. The van der Waals surface area contributed by atoms with Crippen LogP contribution in [0.15, 0.2) is 0 Å². The first-order chi connectivity index (χ1) is 7.90. The van der Waals surface area contributed by atoms with E-state index < -0.39 is 5.54 Å². The van der Waals surface area contributed by atoms with E-state index in [9.17, 15) is 4.79 Å². The molecular formula is C13H25N3O. The van der Waals surface area contributed by atoms with Gasteiger partial charge in [0.05, 0.1) is 5.54 Å². The van der Waals surface area contributed by atoms with Crippen LogP contribution in [0.2, 0.25) is 0 Å². The molecule has 1 saturated carbocycles. The Hall–Kier alpha value is -0.610. The van der Waals surface area contributed by atoms with E-state index in [0.717, 1.165) is 44.2 Å².